The topological polar surface area (TPSA) is 103 Å². The van der Waals surface area contributed by atoms with E-state index in [1.807, 2.05) is 6.92 Å². The molecule has 154 valence electrons. The Hall–Kier alpha value is -3.55. The maximum absolute atomic E-state index is 12.1. The zero-order valence-corrected chi connectivity index (χ0v) is 16.4. The first kappa shape index (κ1) is 21.7. The first-order chi connectivity index (χ1) is 14.0. The van der Waals surface area contributed by atoms with Crippen molar-refractivity contribution in [2.45, 2.75) is 20.3 Å². The molecule has 0 aliphatic carbocycles. The highest BCUT2D eigenvalue weighted by Gasteiger charge is 2.10. The molecule has 0 heterocycles. The highest BCUT2D eigenvalue weighted by Crippen LogP contribution is 2.14. The number of amides is 2. The predicted octanol–water partition coefficient (Wildman–Crippen LogP) is 2.49. The van der Waals surface area contributed by atoms with E-state index in [4.69, 9.17) is 14.2 Å². The van der Waals surface area contributed by atoms with Crippen molar-refractivity contribution in [1.82, 2.24) is 10.9 Å². The van der Waals surface area contributed by atoms with Crippen molar-refractivity contribution >= 4 is 17.8 Å². The Bertz CT molecular complexity index is 835. The van der Waals surface area contributed by atoms with Crippen molar-refractivity contribution in [2.24, 2.45) is 0 Å². The van der Waals surface area contributed by atoms with Crippen molar-refractivity contribution in [3.63, 3.8) is 0 Å². The van der Waals surface area contributed by atoms with E-state index >= 15 is 0 Å². The third kappa shape index (κ3) is 7.17. The Labute approximate surface area is 169 Å². The SMILES string of the molecule is CCCOc1cccc(C(=O)NNC(=O)COc2ccc(C(=O)OCC)cc2)c1. The standard InChI is InChI=1S/C21H24N2O6/c1-3-12-28-18-7-5-6-16(13-18)20(25)23-22-19(24)14-29-17-10-8-15(9-11-17)21(26)27-4-2/h5-11,13H,3-4,12,14H2,1-2H3,(H,22,24)(H,23,25). The molecular formula is C21H24N2O6. The predicted molar refractivity (Wildman–Crippen MR) is 106 cm³/mol. The van der Waals surface area contributed by atoms with E-state index in [-0.39, 0.29) is 6.61 Å². The van der Waals surface area contributed by atoms with Crippen LogP contribution in [0.25, 0.3) is 0 Å². The van der Waals surface area contributed by atoms with E-state index in [0.717, 1.165) is 6.42 Å². The molecular weight excluding hydrogens is 376 g/mol. The molecule has 0 aromatic heterocycles. The minimum atomic E-state index is -0.536. The van der Waals surface area contributed by atoms with Crippen LogP contribution in [0, 0.1) is 0 Å². The van der Waals surface area contributed by atoms with Crippen LogP contribution in [0.4, 0.5) is 0 Å². The van der Waals surface area contributed by atoms with E-state index in [0.29, 0.717) is 35.8 Å². The number of hydrazine groups is 1. The lowest BCUT2D eigenvalue weighted by molar-refractivity contribution is -0.123. The van der Waals surface area contributed by atoms with Crippen molar-refractivity contribution in [2.75, 3.05) is 19.8 Å². The number of nitrogens with one attached hydrogen (secondary N) is 2. The van der Waals surface area contributed by atoms with Gasteiger partial charge in [0.2, 0.25) is 0 Å². The number of carbonyl (C=O) groups excluding carboxylic acids is 3. The van der Waals surface area contributed by atoms with E-state index in [9.17, 15) is 14.4 Å². The fraction of sp³-hybridized carbons (Fsp3) is 0.286. The molecule has 29 heavy (non-hydrogen) atoms. The summed E-state index contributed by atoms with van der Waals surface area (Å²) in [6.07, 6.45) is 0.859. The van der Waals surface area contributed by atoms with Gasteiger partial charge in [0, 0.05) is 5.56 Å². The van der Waals surface area contributed by atoms with Crippen LogP contribution in [0.3, 0.4) is 0 Å². The molecule has 8 nitrogen and oxygen atoms in total. The summed E-state index contributed by atoms with van der Waals surface area (Å²) in [6, 6.07) is 12.9. The molecule has 0 spiro atoms. The summed E-state index contributed by atoms with van der Waals surface area (Å²) in [6.45, 7) is 4.25. The number of esters is 1. The second kappa shape index (κ2) is 11.3. The fourth-order valence-electron chi connectivity index (χ4n) is 2.23. The number of hydrogen-bond donors (Lipinski definition) is 2. The van der Waals surface area contributed by atoms with Gasteiger partial charge < -0.3 is 14.2 Å². The summed E-state index contributed by atoms with van der Waals surface area (Å²) in [5.41, 5.74) is 5.35. The summed E-state index contributed by atoms with van der Waals surface area (Å²) in [5.74, 6) is -0.449. The maximum atomic E-state index is 12.1. The van der Waals surface area contributed by atoms with Gasteiger partial charge in [0.1, 0.15) is 11.5 Å². The van der Waals surface area contributed by atoms with Crippen molar-refractivity contribution in [3.8, 4) is 11.5 Å². The molecule has 0 atom stereocenters. The van der Waals surface area contributed by atoms with Crippen LogP contribution < -0.4 is 20.3 Å². The van der Waals surface area contributed by atoms with Crippen LogP contribution in [0.2, 0.25) is 0 Å². The molecule has 2 amide bonds. The zero-order valence-electron chi connectivity index (χ0n) is 16.4. The van der Waals surface area contributed by atoms with Gasteiger partial charge in [-0.15, -0.1) is 0 Å². The van der Waals surface area contributed by atoms with Gasteiger partial charge in [-0.2, -0.15) is 0 Å². The molecule has 0 radical (unpaired) electrons. The Kier molecular flexibility index (Phi) is 8.50. The van der Waals surface area contributed by atoms with Gasteiger partial charge in [-0.25, -0.2) is 4.79 Å². The summed E-state index contributed by atoms with van der Waals surface area (Å²) in [4.78, 5) is 35.6. The first-order valence-electron chi connectivity index (χ1n) is 9.25. The van der Waals surface area contributed by atoms with E-state index in [1.165, 1.54) is 0 Å². The van der Waals surface area contributed by atoms with Gasteiger partial charge in [0.05, 0.1) is 18.8 Å². The third-order valence-corrected chi connectivity index (χ3v) is 3.62. The minimum absolute atomic E-state index is 0.291. The number of carbonyl (C=O) groups is 3. The molecule has 2 aromatic rings. The lowest BCUT2D eigenvalue weighted by Crippen LogP contribution is -2.43. The van der Waals surface area contributed by atoms with E-state index < -0.39 is 17.8 Å². The largest absolute Gasteiger partial charge is 0.494 e. The normalized spacial score (nSPS) is 10.0. The van der Waals surface area contributed by atoms with Crippen LogP contribution in [-0.4, -0.2) is 37.6 Å². The summed E-state index contributed by atoms with van der Waals surface area (Å²) in [7, 11) is 0. The van der Waals surface area contributed by atoms with Crippen LogP contribution in [0.1, 0.15) is 41.0 Å². The van der Waals surface area contributed by atoms with Crippen LogP contribution in [-0.2, 0) is 9.53 Å². The van der Waals surface area contributed by atoms with Gasteiger partial charge in [0.15, 0.2) is 6.61 Å². The van der Waals surface area contributed by atoms with Gasteiger partial charge in [-0.3, -0.25) is 20.4 Å². The summed E-state index contributed by atoms with van der Waals surface area (Å²) >= 11 is 0. The Balaban J connectivity index is 1.78. The Morgan fingerprint density at radius 3 is 2.31 bits per heavy atom. The molecule has 0 fully saturated rings. The molecule has 0 unspecified atom stereocenters. The third-order valence-electron chi connectivity index (χ3n) is 3.62. The average Bonchev–Trinajstić information content (AvgIpc) is 2.75. The van der Waals surface area contributed by atoms with Gasteiger partial charge in [-0.05, 0) is 55.8 Å². The monoisotopic (exact) mass is 400 g/mol. The number of hydrogen-bond acceptors (Lipinski definition) is 6. The Morgan fingerprint density at radius 2 is 1.62 bits per heavy atom. The van der Waals surface area contributed by atoms with Gasteiger partial charge >= 0.3 is 5.97 Å². The highest BCUT2D eigenvalue weighted by atomic mass is 16.5. The number of ether oxygens (including phenoxy) is 3. The summed E-state index contributed by atoms with van der Waals surface area (Å²) in [5, 5.41) is 0. The molecule has 2 rings (SSSR count). The highest BCUT2D eigenvalue weighted by molar-refractivity contribution is 5.95. The molecule has 0 aliphatic heterocycles. The van der Waals surface area contributed by atoms with E-state index in [1.54, 1.807) is 55.5 Å². The minimum Gasteiger partial charge on any atom is -0.494 e. The molecule has 2 aromatic carbocycles. The fourth-order valence-corrected chi connectivity index (χ4v) is 2.23. The zero-order chi connectivity index (χ0) is 21.1. The summed E-state index contributed by atoms with van der Waals surface area (Å²) < 4.78 is 15.7. The average molecular weight is 400 g/mol. The molecule has 0 saturated carbocycles. The van der Waals surface area contributed by atoms with Crippen molar-refractivity contribution in [3.05, 3.63) is 59.7 Å². The number of benzene rings is 2. The van der Waals surface area contributed by atoms with Crippen molar-refractivity contribution in [1.29, 1.82) is 0 Å². The molecule has 0 saturated heterocycles. The molecule has 0 aliphatic rings. The smallest absolute Gasteiger partial charge is 0.338 e. The molecule has 8 heteroatoms. The lowest BCUT2D eigenvalue weighted by atomic mass is 10.2. The van der Waals surface area contributed by atoms with Crippen LogP contribution in [0.5, 0.6) is 11.5 Å². The maximum Gasteiger partial charge on any atom is 0.338 e. The first-order valence-corrected chi connectivity index (χ1v) is 9.25. The van der Waals surface area contributed by atoms with Gasteiger partial charge in [0.25, 0.3) is 11.8 Å². The molecule has 2 N–H and O–H groups in total. The van der Waals surface area contributed by atoms with Crippen molar-refractivity contribution < 1.29 is 28.6 Å². The quantitative estimate of drug-likeness (QED) is 0.495. The Morgan fingerprint density at radius 1 is 0.862 bits per heavy atom. The second-order valence-electron chi connectivity index (χ2n) is 5.91. The second-order valence-corrected chi connectivity index (χ2v) is 5.91. The van der Waals surface area contributed by atoms with Crippen LogP contribution >= 0.6 is 0 Å². The van der Waals surface area contributed by atoms with Crippen LogP contribution in [0.15, 0.2) is 48.5 Å². The lowest BCUT2D eigenvalue weighted by Gasteiger charge is -2.10. The van der Waals surface area contributed by atoms with Gasteiger partial charge in [-0.1, -0.05) is 13.0 Å². The van der Waals surface area contributed by atoms with E-state index in [2.05, 4.69) is 10.9 Å². The molecule has 0 bridgehead atoms. The number of rotatable bonds is 9.